The second kappa shape index (κ2) is 12.0. The minimum atomic E-state index is 0.597. The minimum Gasteiger partial charge on any atom is -0.298 e. The van der Waals surface area contributed by atoms with Crippen molar-refractivity contribution < 1.29 is 9.59 Å². The van der Waals surface area contributed by atoms with Crippen molar-refractivity contribution in [1.29, 1.82) is 0 Å². The molecule has 4 heteroatoms. The molecule has 0 amide bonds. The van der Waals surface area contributed by atoms with Gasteiger partial charge in [-0.1, -0.05) is 146 Å². The lowest BCUT2D eigenvalue weighted by molar-refractivity contribution is 0.111. The van der Waals surface area contributed by atoms with Gasteiger partial charge in [-0.25, -0.2) is 9.97 Å². The van der Waals surface area contributed by atoms with Gasteiger partial charge >= 0.3 is 0 Å². The van der Waals surface area contributed by atoms with Crippen molar-refractivity contribution in [2.75, 3.05) is 0 Å². The molecule has 0 fully saturated rings. The molecule has 0 N–H and O–H groups in total. The number of benzene rings is 7. The number of pyridine rings is 2. The third kappa shape index (κ3) is 4.77. The molecule has 234 valence electrons. The highest BCUT2D eigenvalue weighted by Gasteiger charge is 2.20. The predicted octanol–water partition coefficient (Wildman–Crippen LogP) is 11.4. The summed E-state index contributed by atoms with van der Waals surface area (Å²) in [6.45, 7) is 0. The van der Waals surface area contributed by atoms with Crippen molar-refractivity contribution in [3.63, 3.8) is 0 Å². The van der Waals surface area contributed by atoms with Gasteiger partial charge in [0.25, 0.3) is 0 Å². The van der Waals surface area contributed by atoms with Crippen LogP contribution >= 0.6 is 0 Å². The average molecular weight is 641 g/mol. The zero-order valence-corrected chi connectivity index (χ0v) is 26.9. The van der Waals surface area contributed by atoms with Gasteiger partial charge < -0.3 is 0 Å². The maximum atomic E-state index is 12.7. The molecule has 4 nitrogen and oxygen atoms in total. The summed E-state index contributed by atoms with van der Waals surface area (Å²) < 4.78 is 0. The van der Waals surface area contributed by atoms with Gasteiger partial charge in [-0.3, -0.25) is 9.59 Å². The molecule has 2 heterocycles. The van der Waals surface area contributed by atoms with Crippen molar-refractivity contribution in [3.05, 3.63) is 169 Å². The summed E-state index contributed by atoms with van der Waals surface area (Å²) in [7, 11) is 0. The Balaban J connectivity index is 1.42. The molecule has 0 atom stereocenters. The summed E-state index contributed by atoms with van der Waals surface area (Å²) in [6, 6.07) is 52.8. The Labute approximate surface area is 288 Å². The lowest BCUT2D eigenvalue weighted by atomic mass is 9.91. The van der Waals surface area contributed by atoms with Crippen LogP contribution in [0, 0.1) is 0 Å². The largest absolute Gasteiger partial charge is 0.298 e. The molecule has 0 aliphatic carbocycles. The quantitative estimate of drug-likeness (QED) is 0.134. The van der Waals surface area contributed by atoms with E-state index in [1.165, 1.54) is 0 Å². The van der Waals surface area contributed by atoms with Crippen LogP contribution in [-0.2, 0) is 0 Å². The molecule has 0 saturated heterocycles. The first-order valence-corrected chi connectivity index (χ1v) is 16.6. The van der Waals surface area contributed by atoms with Crippen LogP contribution in [0.4, 0.5) is 0 Å². The molecule has 2 aromatic heterocycles. The summed E-state index contributed by atoms with van der Waals surface area (Å²) in [5.41, 5.74) is 9.56. The minimum absolute atomic E-state index is 0.597. The van der Waals surface area contributed by atoms with Crippen LogP contribution in [0.15, 0.2) is 158 Å². The number of hydrogen-bond donors (Lipinski definition) is 0. The molecule has 0 bridgehead atoms. The maximum Gasteiger partial charge on any atom is 0.151 e. The Hall–Kier alpha value is -6.78. The zero-order chi connectivity index (χ0) is 33.6. The van der Waals surface area contributed by atoms with Gasteiger partial charge in [0.05, 0.1) is 22.4 Å². The van der Waals surface area contributed by atoms with Crippen LogP contribution in [0.1, 0.15) is 20.7 Å². The van der Waals surface area contributed by atoms with Crippen molar-refractivity contribution in [1.82, 2.24) is 9.97 Å². The molecule has 0 spiro atoms. The second-order valence-electron chi connectivity index (χ2n) is 12.4. The highest BCUT2D eigenvalue weighted by atomic mass is 16.1. The van der Waals surface area contributed by atoms with E-state index in [4.69, 9.17) is 9.97 Å². The number of aldehydes is 2. The standard InChI is InChI=1S/C46H28N2O2/c49-27-41-33-17-9-7-15-31(33)19-21-35(41)43-25-39(29-11-3-1-4-12-29)37-23-24-38-40(30-13-5-2-6-14-30)26-44(48-46(38)45(37)47-43)36-22-20-32-16-8-10-18-34(32)42(36)28-50/h1-28H. The number of hydrogen-bond acceptors (Lipinski definition) is 4. The third-order valence-electron chi connectivity index (χ3n) is 9.66. The van der Waals surface area contributed by atoms with E-state index in [1.807, 2.05) is 109 Å². The van der Waals surface area contributed by atoms with E-state index in [9.17, 15) is 9.59 Å². The highest BCUT2D eigenvalue weighted by Crippen LogP contribution is 2.41. The Kier molecular flexibility index (Phi) is 7.07. The number of aromatic nitrogens is 2. The van der Waals surface area contributed by atoms with Crippen LogP contribution in [0.2, 0.25) is 0 Å². The van der Waals surface area contributed by atoms with E-state index in [0.717, 1.165) is 89.3 Å². The van der Waals surface area contributed by atoms with Gasteiger partial charge in [0.2, 0.25) is 0 Å². The van der Waals surface area contributed by atoms with Crippen LogP contribution in [-0.4, -0.2) is 22.5 Å². The van der Waals surface area contributed by atoms with Crippen molar-refractivity contribution >= 4 is 55.9 Å². The van der Waals surface area contributed by atoms with E-state index in [1.54, 1.807) is 0 Å². The first kappa shape index (κ1) is 29.4. The van der Waals surface area contributed by atoms with E-state index in [0.29, 0.717) is 22.5 Å². The number of rotatable bonds is 6. The van der Waals surface area contributed by atoms with Crippen molar-refractivity contribution in [2.24, 2.45) is 0 Å². The van der Waals surface area contributed by atoms with Crippen LogP contribution in [0.3, 0.4) is 0 Å². The first-order chi connectivity index (χ1) is 24.7. The lowest BCUT2D eigenvalue weighted by Gasteiger charge is -2.17. The Morgan fingerprint density at radius 1 is 0.360 bits per heavy atom. The van der Waals surface area contributed by atoms with E-state index >= 15 is 0 Å². The normalized spacial score (nSPS) is 11.4. The second-order valence-corrected chi connectivity index (χ2v) is 12.4. The monoisotopic (exact) mass is 640 g/mol. The molecular weight excluding hydrogens is 613 g/mol. The van der Waals surface area contributed by atoms with Gasteiger partial charge in [-0.05, 0) is 55.9 Å². The summed E-state index contributed by atoms with van der Waals surface area (Å²) >= 11 is 0. The average Bonchev–Trinajstić information content (AvgIpc) is 3.19. The van der Waals surface area contributed by atoms with Crippen molar-refractivity contribution in [2.45, 2.75) is 0 Å². The third-order valence-corrected chi connectivity index (χ3v) is 9.66. The molecule has 0 aliphatic rings. The Morgan fingerprint density at radius 2 is 0.760 bits per heavy atom. The van der Waals surface area contributed by atoms with Crippen LogP contribution in [0.25, 0.3) is 88.1 Å². The fourth-order valence-electron chi connectivity index (χ4n) is 7.26. The summed E-state index contributed by atoms with van der Waals surface area (Å²) in [4.78, 5) is 36.2. The SMILES string of the molecule is O=Cc1c(-c2cc(-c3ccccc3)c3ccc4c(-c5ccccc5)cc(-c5ccc6ccccc6c5C=O)nc4c3n2)ccc2ccccc12. The topological polar surface area (TPSA) is 59.9 Å². The number of fused-ring (bicyclic) bond motifs is 5. The summed E-state index contributed by atoms with van der Waals surface area (Å²) in [5.74, 6) is 0. The lowest BCUT2D eigenvalue weighted by Crippen LogP contribution is -1.98. The molecule has 9 aromatic rings. The van der Waals surface area contributed by atoms with Crippen LogP contribution in [0.5, 0.6) is 0 Å². The molecule has 7 aromatic carbocycles. The van der Waals surface area contributed by atoms with Gasteiger partial charge in [0.1, 0.15) is 0 Å². The Bertz CT molecular complexity index is 2600. The summed E-state index contributed by atoms with van der Waals surface area (Å²) in [5, 5.41) is 5.63. The van der Waals surface area contributed by atoms with Gasteiger partial charge in [-0.2, -0.15) is 0 Å². The van der Waals surface area contributed by atoms with E-state index in [2.05, 4.69) is 48.5 Å². The Morgan fingerprint density at radius 3 is 1.18 bits per heavy atom. The van der Waals surface area contributed by atoms with Gasteiger partial charge in [0, 0.05) is 33.0 Å². The summed E-state index contributed by atoms with van der Waals surface area (Å²) in [6.07, 6.45) is 1.86. The van der Waals surface area contributed by atoms with Gasteiger partial charge in [-0.15, -0.1) is 0 Å². The number of nitrogens with zero attached hydrogens (tertiary/aromatic N) is 2. The fourth-order valence-corrected chi connectivity index (χ4v) is 7.26. The highest BCUT2D eigenvalue weighted by molar-refractivity contribution is 6.15. The molecular formula is C46H28N2O2. The first-order valence-electron chi connectivity index (χ1n) is 16.6. The van der Waals surface area contributed by atoms with E-state index in [-0.39, 0.29) is 0 Å². The molecule has 0 unspecified atom stereocenters. The number of carbonyl (C=O) groups excluding carboxylic acids is 2. The molecule has 0 radical (unpaired) electrons. The fraction of sp³-hybridized carbons (Fsp3) is 0. The maximum absolute atomic E-state index is 12.7. The molecule has 9 rings (SSSR count). The number of carbonyl (C=O) groups is 2. The molecule has 0 aliphatic heterocycles. The zero-order valence-electron chi connectivity index (χ0n) is 26.9. The van der Waals surface area contributed by atoms with Crippen LogP contribution < -0.4 is 0 Å². The van der Waals surface area contributed by atoms with Gasteiger partial charge in [0.15, 0.2) is 12.6 Å². The molecule has 0 saturated carbocycles. The molecule has 50 heavy (non-hydrogen) atoms. The predicted molar refractivity (Wildman–Crippen MR) is 205 cm³/mol. The van der Waals surface area contributed by atoms with E-state index < -0.39 is 0 Å². The van der Waals surface area contributed by atoms with Crippen molar-refractivity contribution in [3.8, 4) is 44.8 Å². The smallest absolute Gasteiger partial charge is 0.151 e.